The second-order valence-corrected chi connectivity index (χ2v) is 6.95. The van der Waals surface area contributed by atoms with E-state index in [0.717, 1.165) is 31.5 Å². The molecule has 0 saturated carbocycles. The standard InChI is InChI=1S/C18H19ClFN5O/c1-11-3-2-4-14(20)15(11)24-10-12-9-22-17(19)23-16(12)25(18(24)26)13-5-7-21-8-6-13/h2-4,9,13,21H,5-8,10H2,1H3. The number of anilines is 2. The highest BCUT2D eigenvalue weighted by atomic mass is 35.5. The molecule has 1 fully saturated rings. The Labute approximate surface area is 156 Å². The molecule has 0 aliphatic carbocycles. The predicted octanol–water partition coefficient (Wildman–Crippen LogP) is 3.28. The number of nitrogens with one attached hydrogen (secondary N) is 1. The summed E-state index contributed by atoms with van der Waals surface area (Å²) in [6, 6.07) is 4.53. The zero-order valence-electron chi connectivity index (χ0n) is 14.4. The summed E-state index contributed by atoms with van der Waals surface area (Å²) in [4.78, 5) is 24.9. The van der Waals surface area contributed by atoms with Crippen LogP contribution in [0.3, 0.4) is 0 Å². The molecule has 8 heteroatoms. The number of hydrogen-bond donors (Lipinski definition) is 1. The van der Waals surface area contributed by atoms with Gasteiger partial charge in [-0.1, -0.05) is 12.1 Å². The highest BCUT2D eigenvalue weighted by Crippen LogP contribution is 2.36. The first-order valence-corrected chi connectivity index (χ1v) is 9.02. The number of rotatable bonds is 2. The molecule has 2 aliphatic rings. The minimum atomic E-state index is -0.415. The number of carbonyl (C=O) groups excluding carboxylic acids is 1. The van der Waals surface area contributed by atoms with Crippen LogP contribution in [0, 0.1) is 12.7 Å². The highest BCUT2D eigenvalue weighted by Gasteiger charge is 2.39. The number of hydrogen-bond acceptors (Lipinski definition) is 4. The third kappa shape index (κ3) is 2.91. The molecular weight excluding hydrogens is 357 g/mol. The lowest BCUT2D eigenvalue weighted by Gasteiger charge is -2.41. The van der Waals surface area contributed by atoms with Crippen molar-refractivity contribution < 1.29 is 9.18 Å². The van der Waals surface area contributed by atoms with Crippen molar-refractivity contribution >= 4 is 29.1 Å². The van der Waals surface area contributed by atoms with Crippen molar-refractivity contribution in [1.29, 1.82) is 0 Å². The van der Waals surface area contributed by atoms with E-state index in [9.17, 15) is 9.18 Å². The minimum Gasteiger partial charge on any atom is -0.317 e. The first-order chi connectivity index (χ1) is 12.6. The van der Waals surface area contributed by atoms with E-state index in [4.69, 9.17) is 11.6 Å². The molecule has 1 aromatic heterocycles. The van der Waals surface area contributed by atoms with Crippen LogP contribution in [0.1, 0.15) is 24.0 Å². The summed E-state index contributed by atoms with van der Waals surface area (Å²) < 4.78 is 14.5. The molecule has 0 spiro atoms. The first-order valence-electron chi connectivity index (χ1n) is 8.64. The van der Waals surface area contributed by atoms with E-state index in [0.29, 0.717) is 17.1 Å². The Bertz CT molecular complexity index is 835. The van der Waals surface area contributed by atoms with Crippen LogP contribution in [0.15, 0.2) is 24.4 Å². The zero-order chi connectivity index (χ0) is 18.3. The van der Waals surface area contributed by atoms with Crippen molar-refractivity contribution in [3.63, 3.8) is 0 Å². The number of para-hydroxylation sites is 1. The Morgan fingerprint density at radius 3 is 2.81 bits per heavy atom. The monoisotopic (exact) mass is 375 g/mol. The third-order valence-corrected chi connectivity index (χ3v) is 5.12. The topological polar surface area (TPSA) is 61.4 Å². The van der Waals surface area contributed by atoms with Gasteiger partial charge in [0.25, 0.3) is 0 Å². The van der Waals surface area contributed by atoms with E-state index < -0.39 is 5.82 Å². The molecule has 4 rings (SSSR count). The molecule has 0 unspecified atom stereocenters. The minimum absolute atomic E-state index is 0.0108. The molecule has 136 valence electrons. The second-order valence-electron chi connectivity index (χ2n) is 6.61. The fourth-order valence-electron chi connectivity index (χ4n) is 3.69. The van der Waals surface area contributed by atoms with E-state index in [1.807, 2.05) is 0 Å². The molecule has 2 aromatic rings. The van der Waals surface area contributed by atoms with Crippen LogP contribution in [-0.2, 0) is 6.54 Å². The second kappa shape index (κ2) is 6.81. The molecule has 2 aliphatic heterocycles. The Kier molecular flexibility index (Phi) is 4.50. The van der Waals surface area contributed by atoms with Gasteiger partial charge in [0.15, 0.2) is 0 Å². The molecule has 6 nitrogen and oxygen atoms in total. The number of halogens is 2. The molecule has 1 aromatic carbocycles. The van der Waals surface area contributed by atoms with Gasteiger partial charge in [-0.15, -0.1) is 0 Å². The van der Waals surface area contributed by atoms with Crippen molar-refractivity contribution in [1.82, 2.24) is 15.3 Å². The van der Waals surface area contributed by atoms with E-state index in [1.54, 1.807) is 30.2 Å². The van der Waals surface area contributed by atoms with Gasteiger partial charge in [0.1, 0.15) is 11.6 Å². The van der Waals surface area contributed by atoms with Gasteiger partial charge >= 0.3 is 6.03 Å². The number of urea groups is 1. The van der Waals surface area contributed by atoms with Gasteiger partial charge in [-0.05, 0) is 56.1 Å². The average Bonchev–Trinajstić information content (AvgIpc) is 2.63. The van der Waals surface area contributed by atoms with E-state index in [2.05, 4.69) is 15.3 Å². The third-order valence-electron chi connectivity index (χ3n) is 4.94. The Morgan fingerprint density at radius 2 is 2.08 bits per heavy atom. The fourth-order valence-corrected chi connectivity index (χ4v) is 3.82. The van der Waals surface area contributed by atoms with E-state index in [-0.39, 0.29) is 23.9 Å². The molecule has 0 radical (unpaired) electrons. The number of aryl methyl sites for hydroxylation is 1. The number of piperidine rings is 1. The Balaban J connectivity index is 1.82. The number of nitrogens with zero attached hydrogens (tertiary/aromatic N) is 4. The van der Waals surface area contributed by atoms with Crippen LogP contribution in [0.25, 0.3) is 0 Å². The van der Waals surface area contributed by atoms with Gasteiger partial charge in [0.2, 0.25) is 5.28 Å². The molecule has 2 amide bonds. The van der Waals surface area contributed by atoms with E-state index >= 15 is 0 Å². The lowest BCUT2D eigenvalue weighted by atomic mass is 10.0. The maximum atomic E-state index is 14.5. The van der Waals surface area contributed by atoms with Crippen molar-refractivity contribution in [2.45, 2.75) is 32.4 Å². The van der Waals surface area contributed by atoms with Gasteiger partial charge in [0, 0.05) is 17.8 Å². The summed E-state index contributed by atoms with van der Waals surface area (Å²) in [6.07, 6.45) is 3.22. The summed E-state index contributed by atoms with van der Waals surface area (Å²) in [7, 11) is 0. The summed E-state index contributed by atoms with van der Waals surface area (Å²) in [5.74, 6) is 0.120. The van der Waals surface area contributed by atoms with Gasteiger partial charge < -0.3 is 5.32 Å². The quantitative estimate of drug-likeness (QED) is 0.818. The van der Waals surface area contributed by atoms with Gasteiger partial charge in [0.05, 0.1) is 12.2 Å². The van der Waals surface area contributed by atoms with Gasteiger partial charge in [-0.3, -0.25) is 9.80 Å². The van der Waals surface area contributed by atoms with Crippen LogP contribution in [0.2, 0.25) is 5.28 Å². The number of fused-ring (bicyclic) bond motifs is 1. The maximum Gasteiger partial charge on any atom is 0.330 e. The first kappa shape index (κ1) is 17.2. The summed E-state index contributed by atoms with van der Waals surface area (Å²) in [5.41, 5.74) is 1.77. The van der Waals surface area contributed by atoms with Crippen LogP contribution in [0.5, 0.6) is 0 Å². The number of amides is 2. The van der Waals surface area contributed by atoms with Crippen molar-refractivity contribution in [2.75, 3.05) is 22.9 Å². The van der Waals surface area contributed by atoms with Crippen LogP contribution in [-0.4, -0.2) is 35.1 Å². The van der Waals surface area contributed by atoms with Crippen molar-refractivity contribution in [3.8, 4) is 0 Å². The van der Waals surface area contributed by atoms with Crippen LogP contribution in [0.4, 0.5) is 20.7 Å². The van der Waals surface area contributed by atoms with Crippen molar-refractivity contribution in [3.05, 3.63) is 46.6 Å². The number of aromatic nitrogens is 2. The van der Waals surface area contributed by atoms with Crippen LogP contribution >= 0.6 is 11.6 Å². The molecule has 1 saturated heterocycles. The van der Waals surface area contributed by atoms with E-state index in [1.165, 1.54) is 11.0 Å². The molecule has 26 heavy (non-hydrogen) atoms. The summed E-state index contributed by atoms with van der Waals surface area (Å²) in [6.45, 7) is 3.66. The molecule has 0 atom stereocenters. The highest BCUT2D eigenvalue weighted by molar-refractivity contribution is 6.28. The normalized spacial score (nSPS) is 18.2. The molecule has 3 heterocycles. The predicted molar refractivity (Wildman–Crippen MR) is 98.1 cm³/mol. The van der Waals surface area contributed by atoms with Crippen molar-refractivity contribution in [2.24, 2.45) is 0 Å². The zero-order valence-corrected chi connectivity index (χ0v) is 15.1. The number of carbonyl (C=O) groups is 1. The Morgan fingerprint density at radius 1 is 1.31 bits per heavy atom. The molecule has 1 N–H and O–H groups in total. The maximum absolute atomic E-state index is 14.5. The lowest BCUT2D eigenvalue weighted by molar-refractivity contribution is 0.245. The number of benzene rings is 1. The largest absolute Gasteiger partial charge is 0.330 e. The fraction of sp³-hybridized carbons (Fsp3) is 0.389. The molecular formula is C18H19ClFN5O. The molecule has 0 bridgehead atoms. The van der Waals surface area contributed by atoms with Gasteiger partial charge in [-0.25, -0.2) is 14.2 Å². The smallest absolute Gasteiger partial charge is 0.317 e. The van der Waals surface area contributed by atoms with Crippen LogP contribution < -0.4 is 15.1 Å². The Hall–Kier alpha value is -2.25. The average molecular weight is 376 g/mol. The lowest BCUT2D eigenvalue weighted by Crippen LogP contribution is -2.55. The summed E-state index contributed by atoms with van der Waals surface area (Å²) in [5, 5.41) is 3.40. The summed E-state index contributed by atoms with van der Waals surface area (Å²) >= 11 is 5.99. The SMILES string of the molecule is Cc1cccc(F)c1N1Cc2cnc(Cl)nc2N(C2CCNCC2)C1=O. The van der Waals surface area contributed by atoms with Gasteiger partial charge in [-0.2, -0.15) is 4.98 Å².